The lowest BCUT2D eigenvalue weighted by Gasteiger charge is -2.25. The molecule has 1 nitrogen and oxygen atoms in total. The molecular weight excluding hydrogens is 315 g/mol. The topological polar surface area (TPSA) is 17.1 Å². The van der Waals surface area contributed by atoms with E-state index in [2.05, 4.69) is 0 Å². The summed E-state index contributed by atoms with van der Waals surface area (Å²) in [7, 11) is 0. The van der Waals surface area contributed by atoms with Gasteiger partial charge < -0.3 is 0 Å². The zero-order chi connectivity index (χ0) is 14.6. The highest BCUT2D eigenvalue weighted by molar-refractivity contribution is 6.50. The Morgan fingerprint density at radius 2 is 1.45 bits per heavy atom. The Morgan fingerprint density at radius 1 is 0.950 bits per heavy atom. The van der Waals surface area contributed by atoms with Crippen molar-refractivity contribution in [3.63, 3.8) is 0 Å². The van der Waals surface area contributed by atoms with E-state index in [9.17, 15) is 4.79 Å². The summed E-state index contributed by atoms with van der Waals surface area (Å²) in [5.74, 6) is -0.312. The van der Waals surface area contributed by atoms with E-state index in [-0.39, 0.29) is 10.8 Å². The van der Waals surface area contributed by atoms with E-state index >= 15 is 0 Å². The van der Waals surface area contributed by atoms with E-state index in [1.807, 2.05) is 12.1 Å². The molecule has 0 spiro atoms. The molecule has 0 heterocycles. The largest absolute Gasteiger partial charge is 0.291 e. The Morgan fingerprint density at radius 3 is 1.95 bits per heavy atom. The van der Waals surface area contributed by atoms with Gasteiger partial charge in [-0.2, -0.15) is 0 Å². The fourth-order valence-corrected chi connectivity index (χ4v) is 2.61. The molecule has 102 valence electrons. The molecule has 4 heteroatoms. The maximum absolute atomic E-state index is 12.8. The molecule has 0 N–H and O–H groups in total. The van der Waals surface area contributed by atoms with Crippen molar-refractivity contribution in [3.05, 3.63) is 82.4 Å². The van der Waals surface area contributed by atoms with Crippen molar-refractivity contribution in [1.82, 2.24) is 0 Å². The summed E-state index contributed by atoms with van der Waals surface area (Å²) in [6.45, 7) is 0. The second-order valence-electron chi connectivity index (χ2n) is 4.18. The minimum absolute atomic E-state index is 0.0703. The van der Waals surface area contributed by atoms with Crippen molar-refractivity contribution in [2.24, 2.45) is 0 Å². The minimum Gasteiger partial charge on any atom is -0.291 e. The Hall–Kier alpha value is -1.28. The molecule has 0 aliphatic rings. The SMILES string of the molecule is O=C(c1ccccc1)C(Cl)(/C(Cl)=C\Cl)c1ccccc1. The number of carbonyl (C=O) groups is 1. The van der Waals surface area contributed by atoms with Crippen LogP contribution in [0.25, 0.3) is 0 Å². The first-order chi connectivity index (χ1) is 9.60. The van der Waals surface area contributed by atoms with Crippen LogP contribution in [0.4, 0.5) is 0 Å². The third-order valence-corrected chi connectivity index (χ3v) is 4.36. The van der Waals surface area contributed by atoms with Gasteiger partial charge in [0.2, 0.25) is 0 Å². The molecule has 2 rings (SSSR count). The van der Waals surface area contributed by atoms with Crippen LogP contribution >= 0.6 is 34.8 Å². The average molecular weight is 326 g/mol. The third-order valence-electron chi connectivity index (χ3n) is 2.95. The van der Waals surface area contributed by atoms with Crippen LogP contribution in [0.15, 0.2) is 71.2 Å². The summed E-state index contributed by atoms with van der Waals surface area (Å²) < 4.78 is 0. The third kappa shape index (κ3) is 2.76. The maximum Gasteiger partial charge on any atom is 0.193 e. The summed E-state index contributed by atoms with van der Waals surface area (Å²) >= 11 is 18.4. The molecule has 1 unspecified atom stereocenters. The van der Waals surface area contributed by atoms with Gasteiger partial charge in [-0.3, -0.25) is 4.79 Å². The van der Waals surface area contributed by atoms with Crippen molar-refractivity contribution in [1.29, 1.82) is 0 Å². The molecule has 0 aromatic heterocycles. The lowest BCUT2D eigenvalue weighted by molar-refractivity contribution is 0.0957. The summed E-state index contributed by atoms with van der Waals surface area (Å²) in [5.41, 5.74) is 2.18. The van der Waals surface area contributed by atoms with E-state index in [1.165, 1.54) is 0 Å². The Labute approximate surface area is 132 Å². The monoisotopic (exact) mass is 324 g/mol. The van der Waals surface area contributed by atoms with Crippen LogP contribution in [0.5, 0.6) is 0 Å². The smallest absolute Gasteiger partial charge is 0.193 e. The van der Waals surface area contributed by atoms with Gasteiger partial charge in [-0.05, 0) is 5.56 Å². The molecule has 0 saturated carbocycles. The van der Waals surface area contributed by atoms with Crippen molar-refractivity contribution in [2.45, 2.75) is 4.87 Å². The Balaban J connectivity index is 2.57. The zero-order valence-electron chi connectivity index (χ0n) is 10.4. The normalized spacial score (nSPS) is 14.7. The fraction of sp³-hybridized carbons (Fsp3) is 0.0625. The van der Waals surface area contributed by atoms with Crippen molar-refractivity contribution in [3.8, 4) is 0 Å². The number of rotatable bonds is 4. The van der Waals surface area contributed by atoms with Crippen LogP contribution in [0.2, 0.25) is 0 Å². The maximum atomic E-state index is 12.8. The van der Waals surface area contributed by atoms with Crippen LogP contribution < -0.4 is 0 Å². The van der Waals surface area contributed by atoms with Gasteiger partial charge >= 0.3 is 0 Å². The highest BCUT2D eigenvalue weighted by atomic mass is 35.5. The van der Waals surface area contributed by atoms with Crippen molar-refractivity contribution < 1.29 is 4.79 Å². The van der Waals surface area contributed by atoms with Gasteiger partial charge in [0.05, 0.1) is 5.03 Å². The van der Waals surface area contributed by atoms with E-state index in [0.717, 1.165) is 5.54 Å². The highest BCUT2D eigenvalue weighted by Gasteiger charge is 2.41. The van der Waals surface area contributed by atoms with Crippen molar-refractivity contribution >= 4 is 40.6 Å². The standard InChI is InChI=1S/C16H11Cl3O/c17-11-14(18)16(19,13-9-5-2-6-10-13)15(20)12-7-3-1-4-8-12/h1-11H/b14-11+. The highest BCUT2D eigenvalue weighted by Crippen LogP contribution is 2.42. The van der Waals surface area contributed by atoms with Gasteiger partial charge in [-0.25, -0.2) is 0 Å². The van der Waals surface area contributed by atoms with Gasteiger partial charge in [0, 0.05) is 11.1 Å². The summed E-state index contributed by atoms with van der Waals surface area (Å²) in [6, 6.07) is 17.7. The van der Waals surface area contributed by atoms with Crippen molar-refractivity contribution in [2.75, 3.05) is 0 Å². The summed E-state index contributed by atoms with van der Waals surface area (Å²) in [4.78, 5) is 11.2. The molecule has 0 saturated heterocycles. The molecule has 0 aliphatic heterocycles. The van der Waals surface area contributed by atoms with Crippen LogP contribution in [-0.4, -0.2) is 5.78 Å². The predicted octanol–water partition coefficient (Wildman–Crippen LogP) is 5.32. The van der Waals surface area contributed by atoms with E-state index in [0.29, 0.717) is 11.1 Å². The molecular formula is C16H11Cl3O. The number of hydrogen-bond donors (Lipinski definition) is 0. The number of halogens is 3. The van der Waals surface area contributed by atoms with Crippen LogP contribution in [0, 0.1) is 0 Å². The first kappa shape index (κ1) is 15.1. The number of benzene rings is 2. The molecule has 0 radical (unpaired) electrons. The number of alkyl halides is 1. The second kappa shape index (κ2) is 6.45. The number of allylic oxidation sites excluding steroid dienone is 1. The number of hydrogen-bond acceptors (Lipinski definition) is 1. The minimum atomic E-state index is -1.51. The molecule has 0 amide bonds. The molecule has 20 heavy (non-hydrogen) atoms. The van der Waals surface area contributed by atoms with E-state index in [1.54, 1.807) is 48.5 Å². The number of ketones is 1. The van der Waals surface area contributed by atoms with Gasteiger partial charge in [-0.1, -0.05) is 95.5 Å². The summed E-state index contributed by atoms with van der Waals surface area (Å²) in [6.07, 6.45) is 0. The molecule has 0 fully saturated rings. The zero-order valence-corrected chi connectivity index (χ0v) is 12.7. The first-order valence-electron chi connectivity index (χ1n) is 5.91. The lowest BCUT2D eigenvalue weighted by Crippen LogP contribution is -2.30. The van der Waals surface area contributed by atoms with Crippen LogP contribution in [-0.2, 0) is 4.87 Å². The average Bonchev–Trinajstić information content (AvgIpc) is 2.54. The quantitative estimate of drug-likeness (QED) is 0.549. The van der Waals surface area contributed by atoms with Gasteiger partial charge in [0.1, 0.15) is 0 Å². The fourth-order valence-electron chi connectivity index (χ4n) is 1.91. The van der Waals surface area contributed by atoms with Gasteiger partial charge in [0.25, 0.3) is 0 Å². The Bertz CT molecular complexity index is 623. The Kier molecular flexibility index (Phi) is 4.87. The summed E-state index contributed by atoms with van der Waals surface area (Å²) in [5, 5.41) is 0.0703. The van der Waals surface area contributed by atoms with E-state index in [4.69, 9.17) is 34.8 Å². The van der Waals surface area contributed by atoms with Gasteiger partial charge in [-0.15, -0.1) is 0 Å². The molecule has 0 aliphatic carbocycles. The molecule has 1 atom stereocenters. The predicted molar refractivity (Wildman–Crippen MR) is 84.5 cm³/mol. The number of carbonyl (C=O) groups excluding carboxylic acids is 1. The van der Waals surface area contributed by atoms with Crippen LogP contribution in [0.3, 0.4) is 0 Å². The van der Waals surface area contributed by atoms with Gasteiger partial charge in [0.15, 0.2) is 10.7 Å². The second-order valence-corrected chi connectivity index (χ2v) is 5.37. The number of Topliss-reactive ketones (excluding diaryl/α,β-unsaturated/α-hetero) is 1. The first-order valence-corrected chi connectivity index (χ1v) is 7.10. The van der Waals surface area contributed by atoms with E-state index < -0.39 is 4.87 Å². The molecule has 2 aromatic rings. The lowest BCUT2D eigenvalue weighted by atomic mass is 9.89. The van der Waals surface area contributed by atoms with Crippen LogP contribution in [0.1, 0.15) is 15.9 Å². The molecule has 0 bridgehead atoms. The molecule has 2 aromatic carbocycles.